The second-order valence-corrected chi connectivity index (χ2v) is 5.63. The van der Waals surface area contributed by atoms with E-state index in [-0.39, 0.29) is 17.1 Å². The van der Waals surface area contributed by atoms with E-state index in [2.05, 4.69) is 5.10 Å². The van der Waals surface area contributed by atoms with Crippen LogP contribution in [0.25, 0.3) is 0 Å². The maximum absolute atomic E-state index is 12.3. The molecule has 1 aromatic rings. The number of anilines is 1. The van der Waals surface area contributed by atoms with Crippen molar-refractivity contribution in [2.24, 2.45) is 5.73 Å². The number of aromatic nitrogens is 2. The van der Waals surface area contributed by atoms with Crippen LogP contribution >= 0.6 is 11.6 Å². The monoisotopic (exact) mass is 324 g/mol. The molecule has 2 heterocycles. The van der Waals surface area contributed by atoms with Crippen molar-refractivity contribution < 1.29 is 13.2 Å². The molecule has 9 heteroatoms. The van der Waals surface area contributed by atoms with Crippen LogP contribution in [-0.2, 0) is 6.54 Å². The Kier molecular flexibility index (Phi) is 4.48. The number of hydrogen-bond donors (Lipinski definition) is 1. The fourth-order valence-corrected chi connectivity index (χ4v) is 2.76. The quantitative estimate of drug-likeness (QED) is 0.900. The van der Waals surface area contributed by atoms with Gasteiger partial charge in [-0.1, -0.05) is 11.6 Å². The first-order valence-electron chi connectivity index (χ1n) is 6.53. The van der Waals surface area contributed by atoms with Gasteiger partial charge in [-0.15, -0.1) is 0 Å². The molecule has 2 N–H and O–H groups in total. The summed E-state index contributed by atoms with van der Waals surface area (Å²) in [5, 5.41) is 3.34. The van der Waals surface area contributed by atoms with Crippen LogP contribution in [0.5, 0.6) is 0 Å². The minimum Gasteiger partial charge on any atom is -0.366 e. The Morgan fingerprint density at radius 1 is 1.52 bits per heavy atom. The van der Waals surface area contributed by atoms with E-state index in [1.165, 1.54) is 6.20 Å². The molecule has 0 aromatic carbocycles. The molecule has 0 radical (unpaired) electrons. The van der Waals surface area contributed by atoms with Crippen LogP contribution in [-0.4, -0.2) is 34.6 Å². The lowest BCUT2D eigenvalue weighted by Crippen LogP contribution is -2.46. The molecule has 0 spiro atoms. The van der Waals surface area contributed by atoms with Crippen LogP contribution in [0.15, 0.2) is 11.0 Å². The highest BCUT2D eigenvalue weighted by atomic mass is 35.5. The Morgan fingerprint density at radius 3 is 2.76 bits per heavy atom. The van der Waals surface area contributed by atoms with Gasteiger partial charge in [0.25, 0.3) is 5.56 Å². The lowest BCUT2D eigenvalue weighted by Gasteiger charge is -2.38. The van der Waals surface area contributed by atoms with Gasteiger partial charge in [-0.2, -0.15) is 18.3 Å². The van der Waals surface area contributed by atoms with Crippen molar-refractivity contribution in [2.45, 2.75) is 44.6 Å². The molecule has 1 aromatic heterocycles. The Hall–Kier alpha value is -1.28. The molecule has 118 valence electrons. The molecule has 1 aliphatic heterocycles. The van der Waals surface area contributed by atoms with Gasteiger partial charge in [-0.3, -0.25) is 4.79 Å². The number of nitrogens with two attached hydrogens (primary N) is 1. The van der Waals surface area contributed by atoms with Gasteiger partial charge in [0.1, 0.15) is 11.6 Å². The number of piperidine rings is 1. The van der Waals surface area contributed by atoms with Gasteiger partial charge in [0.2, 0.25) is 0 Å². The van der Waals surface area contributed by atoms with Gasteiger partial charge in [0.15, 0.2) is 0 Å². The molecule has 1 fully saturated rings. The van der Waals surface area contributed by atoms with Crippen molar-refractivity contribution in [1.82, 2.24) is 9.78 Å². The molecular weight excluding hydrogens is 309 g/mol. The zero-order chi connectivity index (χ0) is 15.8. The molecule has 1 saturated heterocycles. The third-order valence-electron chi connectivity index (χ3n) is 3.52. The van der Waals surface area contributed by atoms with Gasteiger partial charge in [0.05, 0.1) is 11.9 Å². The Morgan fingerprint density at radius 2 is 2.19 bits per heavy atom. The maximum atomic E-state index is 12.3. The molecule has 0 bridgehead atoms. The average Bonchev–Trinajstić information content (AvgIpc) is 2.35. The fraction of sp³-hybridized carbons (Fsp3) is 0.667. The fourth-order valence-electron chi connectivity index (χ4n) is 2.51. The van der Waals surface area contributed by atoms with Crippen LogP contribution in [0.3, 0.4) is 0 Å². The molecule has 0 amide bonds. The number of hydrogen-bond acceptors (Lipinski definition) is 4. The first-order valence-corrected chi connectivity index (χ1v) is 6.91. The van der Waals surface area contributed by atoms with Gasteiger partial charge < -0.3 is 10.6 Å². The largest absolute Gasteiger partial charge is 0.408 e. The number of halogens is 4. The topological polar surface area (TPSA) is 64.2 Å². The molecule has 2 atom stereocenters. The molecule has 21 heavy (non-hydrogen) atoms. The Labute approximate surface area is 124 Å². The highest BCUT2D eigenvalue weighted by molar-refractivity contribution is 6.33. The Bertz CT molecular complexity index is 575. The lowest BCUT2D eigenvalue weighted by molar-refractivity contribution is -0.143. The number of nitrogens with zero attached hydrogens (tertiary/aromatic N) is 3. The lowest BCUT2D eigenvalue weighted by atomic mass is 9.99. The third kappa shape index (κ3) is 3.68. The number of rotatable bonds is 2. The summed E-state index contributed by atoms with van der Waals surface area (Å²) in [5.41, 5.74) is 5.28. The highest BCUT2D eigenvalue weighted by Crippen LogP contribution is 2.28. The summed E-state index contributed by atoms with van der Waals surface area (Å²) in [7, 11) is 0. The van der Waals surface area contributed by atoms with E-state index in [0.29, 0.717) is 16.9 Å². The first-order chi connectivity index (χ1) is 9.69. The second-order valence-electron chi connectivity index (χ2n) is 5.25. The van der Waals surface area contributed by atoms with E-state index < -0.39 is 18.3 Å². The smallest absolute Gasteiger partial charge is 0.366 e. The van der Waals surface area contributed by atoms with Crippen LogP contribution in [0, 0.1) is 0 Å². The summed E-state index contributed by atoms with van der Waals surface area (Å²) < 4.78 is 37.4. The van der Waals surface area contributed by atoms with Crippen LogP contribution in [0.2, 0.25) is 5.02 Å². The van der Waals surface area contributed by atoms with E-state index in [9.17, 15) is 18.0 Å². The summed E-state index contributed by atoms with van der Waals surface area (Å²) in [6.07, 6.45) is -1.86. The molecule has 0 saturated carbocycles. The highest BCUT2D eigenvalue weighted by Gasteiger charge is 2.31. The van der Waals surface area contributed by atoms with Gasteiger partial charge in [-0.25, -0.2) is 4.68 Å². The normalized spacial score (nSPS) is 23.4. The van der Waals surface area contributed by atoms with E-state index in [1.54, 1.807) is 0 Å². The second kappa shape index (κ2) is 5.84. The first kappa shape index (κ1) is 16.1. The van der Waals surface area contributed by atoms with Crippen molar-refractivity contribution in [3.05, 3.63) is 21.6 Å². The molecule has 1 aliphatic rings. The summed E-state index contributed by atoms with van der Waals surface area (Å²) in [6, 6.07) is 0.125. The van der Waals surface area contributed by atoms with Crippen molar-refractivity contribution in [1.29, 1.82) is 0 Å². The third-order valence-corrected chi connectivity index (χ3v) is 3.88. The molecule has 0 aliphatic carbocycles. The standard InChI is InChI=1S/C12H16ClF3N4O/c1-7-4-8(17)2-3-19(7)9-5-18-20(6-12(14,15)16)11(21)10(9)13/h5,7-8H,2-4,6,17H2,1H3. The zero-order valence-corrected chi connectivity index (χ0v) is 12.2. The van der Waals surface area contributed by atoms with Crippen LogP contribution in [0.4, 0.5) is 18.9 Å². The molecular formula is C12H16ClF3N4O. The predicted molar refractivity (Wildman–Crippen MR) is 73.6 cm³/mol. The predicted octanol–water partition coefficient (Wildman–Crippen LogP) is 1.77. The summed E-state index contributed by atoms with van der Waals surface area (Å²) >= 11 is 5.95. The van der Waals surface area contributed by atoms with Crippen molar-refractivity contribution in [3.8, 4) is 0 Å². The molecule has 2 rings (SSSR count). The van der Waals surface area contributed by atoms with Crippen LogP contribution in [0.1, 0.15) is 19.8 Å². The number of alkyl halides is 3. The summed E-state index contributed by atoms with van der Waals surface area (Å²) in [5.74, 6) is 0. The Balaban J connectivity index is 2.31. The minimum atomic E-state index is -4.52. The van der Waals surface area contributed by atoms with E-state index in [4.69, 9.17) is 17.3 Å². The molecule has 5 nitrogen and oxygen atoms in total. The minimum absolute atomic E-state index is 0.0471. The van der Waals surface area contributed by atoms with E-state index in [1.807, 2.05) is 11.8 Å². The zero-order valence-electron chi connectivity index (χ0n) is 11.4. The summed E-state index contributed by atoms with van der Waals surface area (Å²) in [4.78, 5) is 13.8. The van der Waals surface area contributed by atoms with Crippen molar-refractivity contribution in [2.75, 3.05) is 11.4 Å². The van der Waals surface area contributed by atoms with Gasteiger partial charge in [-0.05, 0) is 19.8 Å². The van der Waals surface area contributed by atoms with Crippen molar-refractivity contribution in [3.63, 3.8) is 0 Å². The average molecular weight is 325 g/mol. The van der Waals surface area contributed by atoms with Crippen molar-refractivity contribution >= 4 is 17.3 Å². The molecule has 2 unspecified atom stereocenters. The summed E-state index contributed by atoms with van der Waals surface area (Å²) in [6.45, 7) is 1.06. The SMILES string of the molecule is CC1CC(N)CCN1c1cnn(CC(F)(F)F)c(=O)c1Cl. The van der Waals surface area contributed by atoms with Gasteiger partial charge >= 0.3 is 6.18 Å². The van der Waals surface area contributed by atoms with Crippen LogP contribution < -0.4 is 16.2 Å². The van der Waals surface area contributed by atoms with E-state index in [0.717, 1.165) is 12.8 Å². The van der Waals surface area contributed by atoms with E-state index >= 15 is 0 Å². The maximum Gasteiger partial charge on any atom is 0.408 e. The van der Waals surface area contributed by atoms with Gasteiger partial charge in [0, 0.05) is 18.6 Å².